The van der Waals surface area contributed by atoms with Gasteiger partial charge in [-0.1, -0.05) is 19.9 Å². The second-order valence-electron chi connectivity index (χ2n) is 5.25. The van der Waals surface area contributed by atoms with E-state index in [1.54, 1.807) is 0 Å². The van der Waals surface area contributed by atoms with Crippen molar-refractivity contribution in [1.82, 2.24) is 5.32 Å². The number of rotatable bonds is 7. The second kappa shape index (κ2) is 7.70. The Kier molecular flexibility index (Phi) is 6.58. The molecule has 1 aromatic carbocycles. The fraction of sp³-hybridized carbons (Fsp3) is 0.600. The summed E-state index contributed by atoms with van der Waals surface area (Å²) in [5, 5.41) is 3.38. The summed E-state index contributed by atoms with van der Waals surface area (Å²) in [5.41, 5.74) is 2.48. The third-order valence-corrected chi connectivity index (χ3v) is 4.42. The first kappa shape index (κ1) is 15.4. The zero-order valence-corrected chi connectivity index (χ0v) is 12.8. The van der Waals surface area contributed by atoms with Crippen LogP contribution in [0.3, 0.4) is 0 Å². The minimum atomic E-state index is -0.856. The van der Waals surface area contributed by atoms with Gasteiger partial charge in [0.2, 0.25) is 0 Å². The Morgan fingerprint density at radius 3 is 2.56 bits per heavy atom. The van der Waals surface area contributed by atoms with Gasteiger partial charge in [0.15, 0.2) is 0 Å². The molecule has 1 N–H and O–H groups in total. The molecule has 1 rings (SSSR count). The molecule has 0 aliphatic heterocycles. The van der Waals surface area contributed by atoms with Crippen molar-refractivity contribution in [1.29, 1.82) is 0 Å². The highest BCUT2D eigenvalue weighted by atomic mass is 32.2. The summed E-state index contributed by atoms with van der Waals surface area (Å²) in [7, 11) is -0.856. The molecule has 0 aromatic heterocycles. The predicted molar refractivity (Wildman–Crippen MR) is 79.5 cm³/mol. The van der Waals surface area contributed by atoms with Gasteiger partial charge in [0.25, 0.3) is 0 Å². The van der Waals surface area contributed by atoms with Gasteiger partial charge >= 0.3 is 0 Å². The predicted octanol–water partition coefficient (Wildman–Crippen LogP) is 3.05. The molecule has 0 spiro atoms. The lowest BCUT2D eigenvalue weighted by Crippen LogP contribution is -2.21. The Labute approximate surface area is 114 Å². The largest absolute Gasteiger partial charge is 0.316 e. The molecule has 0 saturated carbocycles. The molecule has 1 aromatic rings. The van der Waals surface area contributed by atoms with Gasteiger partial charge in [0, 0.05) is 10.6 Å². The number of nitrogens with one attached hydrogen (secondary N) is 1. The Morgan fingerprint density at radius 1 is 1.22 bits per heavy atom. The van der Waals surface area contributed by atoms with Gasteiger partial charge in [0.1, 0.15) is 0 Å². The fourth-order valence-corrected chi connectivity index (χ4v) is 2.86. The average Bonchev–Trinajstić information content (AvgIpc) is 2.31. The topological polar surface area (TPSA) is 29.1 Å². The van der Waals surface area contributed by atoms with Crippen LogP contribution >= 0.6 is 0 Å². The van der Waals surface area contributed by atoms with Crippen LogP contribution in [0.2, 0.25) is 0 Å². The van der Waals surface area contributed by atoms with Gasteiger partial charge in [-0.3, -0.25) is 4.21 Å². The third-order valence-electron chi connectivity index (χ3n) is 2.98. The smallest absolute Gasteiger partial charge is 0.0530 e. The van der Waals surface area contributed by atoms with Crippen molar-refractivity contribution in [3.8, 4) is 0 Å². The van der Waals surface area contributed by atoms with Gasteiger partial charge in [-0.2, -0.15) is 0 Å². The van der Waals surface area contributed by atoms with Gasteiger partial charge in [-0.15, -0.1) is 0 Å². The molecule has 0 fully saturated rings. The van der Waals surface area contributed by atoms with E-state index in [2.05, 4.69) is 39.1 Å². The van der Waals surface area contributed by atoms with E-state index < -0.39 is 10.8 Å². The SMILES string of the molecule is Cc1ccc(S(=O)CCCNCC(C)C)cc1C. The Bertz CT molecular complexity index is 401. The van der Waals surface area contributed by atoms with E-state index in [-0.39, 0.29) is 0 Å². The van der Waals surface area contributed by atoms with Crippen LogP contribution in [0.1, 0.15) is 31.4 Å². The molecule has 0 radical (unpaired) electrons. The molecule has 18 heavy (non-hydrogen) atoms. The molecule has 1 unspecified atom stereocenters. The number of hydrogen-bond acceptors (Lipinski definition) is 2. The van der Waals surface area contributed by atoms with Crippen LogP contribution in [0.25, 0.3) is 0 Å². The zero-order chi connectivity index (χ0) is 13.5. The van der Waals surface area contributed by atoms with Crippen LogP contribution in [-0.4, -0.2) is 23.1 Å². The minimum absolute atomic E-state index is 0.676. The third kappa shape index (κ3) is 5.32. The highest BCUT2D eigenvalue weighted by molar-refractivity contribution is 7.85. The van der Waals surface area contributed by atoms with Crippen LogP contribution in [0, 0.1) is 19.8 Å². The number of hydrogen-bond donors (Lipinski definition) is 1. The van der Waals surface area contributed by atoms with Crippen LogP contribution in [0.4, 0.5) is 0 Å². The van der Waals surface area contributed by atoms with Crippen LogP contribution in [-0.2, 0) is 10.8 Å². The lowest BCUT2D eigenvalue weighted by atomic mass is 10.1. The summed E-state index contributed by atoms with van der Waals surface area (Å²) in [6.07, 6.45) is 0.965. The molecule has 0 aliphatic carbocycles. The Balaban J connectivity index is 2.34. The molecule has 0 saturated heterocycles. The fourth-order valence-electron chi connectivity index (χ4n) is 1.69. The lowest BCUT2D eigenvalue weighted by Gasteiger charge is -2.08. The molecule has 3 heteroatoms. The molecular formula is C15H25NOS. The molecule has 1 atom stereocenters. The van der Waals surface area contributed by atoms with Crippen molar-refractivity contribution >= 4 is 10.8 Å². The van der Waals surface area contributed by atoms with E-state index in [1.807, 2.05) is 12.1 Å². The lowest BCUT2D eigenvalue weighted by molar-refractivity contribution is 0.550. The first-order valence-corrected chi connectivity index (χ1v) is 7.99. The highest BCUT2D eigenvalue weighted by Gasteiger charge is 2.04. The average molecular weight is 267 g/mol. The summed E-state index contributed by atoms with van der Waals surface area (Å²) < 4.78 is 12.1. The van der Waals surface area contributed by atoms with E-state index in [4.69, 9.17) is 0 Å². The highest BCUT2D eigenvalue weighted by Crippen LogP contribution is 2.13. The molecule has 0 bridgehead atoms. The summed E-state index contributed by atoms with van der Waals surface area (Å²) in [4.78, 5) is 0.960. The van der Waals surface area contributed by atoms with Crippen LogP contribution in [0.5, 0.6) is 0 Å². The van der Waals surface area contributed by atoms with E-state index in [9.17, 15) is 4.21 Å². The molecule has 102 valence electrons. The van der Waals surface area contributed by atoms with Crippen molar-refractivity contribution in [2.24, 2.45) is 5.92 Å². The van der Waals surface area contributed by atoms with Gasteiger partial charge in [-0.25, -0.2) is 0 Å². The summed E-state index contributed by atoms with van der Waals surface area (Å²) in [6.45, 7) is 10.5. The van der Waals surface area contributed by atoms with Crippen molar-refractivity contribution in [3.63, 3.8) is 0 Å². The van der Waals surface area contributed by atoms with Crippen LogP contribution < -0.4 is 5.32 Å². The Morgan fingerprint density at radius 2 is 1.94 bits per heavy atom. The number of aryl methyl sites for hydroxylation is 2. The first-order chi connectivity index (χ1) is 8.50. The minimum Gasteiger partial charge on any atom is -0.316 e. The standard InChI is InChI=1S/C15H25NOS/c1-12(2)11-16-8-5-9-18(17)15-7-6-13(3)14(4)10-15/h6-7,10,12,16H,5,8-9,11H2,1-4H3. The maximum Gasteiger partial charge on any atom is 0.0530 e. The van der Waals surface area contributed by atoms with Gasteiger partial charge in [0.05, 0.1) is 10.8 Å². The van der Waals surface area contributed by atoms with Crippen molar-refractivity contribution in [3.05, 3.63) is 29.3 Å². The van der Waals surface area contributed by atoms with E-state index in [0.29, 0.717) is 5.92 Å². The molecule has 0 aliphatic rings. The van der Waals surface area contributed by atoms with Crippen LogP contribution in [0.15, 0.2) is 23.1 Å². The molecular weight excluding hydrogens is 242 g/mol. The molecule has 2 nitrogen and oxygen atoms in total. The van der Waals surface area contributed by atoms with E-state index in [0.717, 1.165) is 30.2 Å². The normalized spacial score (nSPS) is 12.9. The van der Waals surface area contributed by atoms with Crippen molar-refractivity contribution in [2.45, 2.75) is 39.0 Å². The zero-order valence-electron chi connectivity index (χ0n) is 12.0. The van der Waals surface area contributed by atoms with Gasteiger partial charge < -0.3 is 5.32 Å². The maximum absolute atomic E-state index is 12.1. The maximum atomic E-state index is 12.1. The summed E-state index contributed by atoms with van der Waals surface area (Å²) in [5.74, 6) is 1.42. The van der Waals surface area contributed by atoms with Crippen molar-refractivity contribution in [2.75, 3.05) is 18.8 Å². The van der Waals surface area contributed by atoms with Gasteiger partial charge in [-0.05, 0) is 62.5 Å². The number of benzene rings is 1. The second-order valence-corrected chi connectivity index (χ2v) is 6.82. The molecule has 0 amide bonds. The van der Waals surface area contributed by atoms with E-state index >= 15 is 0 Å². The quantitative estimate of drug-likeness (QED) is 0.769. The Hall–Kier alpha value is -0.670. The first-order valence-electron chi connectivity index (χ1n) is 6.67. The van der Waals surface area contributed by atoms with Crippen molar-refractivity contribution < 1.29 is 4.21 Å². The summed E-state index contributed by atoms with van der Waals surface area (Å²) in [6, 6.07) is 6.09. The van der Waals surface area contributed by atoms with E-state index in [1.165, 1.54) is 11.1 Å². The summed E-state index contributed by atoms with van der Waals surface area (Å²) >= 11 is 0. The molecule has 0 heterocycles. The monoisotopic (exact) mass is 267 g/mol.